The van der Waals surface area contributed by atoms with Crippen molar-refractivity contribution in [2.24, 2.45) is 0 Å². The molecule has 1 aromatic carbocycles. The van der Waals surface area contributed by atoms with Gasteiger partial charge in [0.05, 0.1) is 10.6 Å². The van der Waals surface area contributed by atoms with E-state index >= 15 is 0 Å². The van der Waals surface area contributed by atoms with Gasteiger partial charge in [-0.3, -0.25) is 4.68 Å². The fourth-order valence-corrected chi connectivity index (χ4v) is 3.66. The van der Waals surface area contributed by atoms with Crippen LogP contribution in [0.4, 0.5) is 0 Å². The zero-order valence-electron chi connectivity index (χ0n) is 15.4. The number of aryl methyl sites for hydroxylation is 2. The summed E-state index contributed by atoms with van der Waals surface area (Å²) in [6, 6.07) is 7.16. The minimum absolute atomic E-state index is 0.0000401. The Kier molecular flexibility index (Phi) is 5.20. The van der Waals surface area contributed by atoms with Gasteiger partial charge in [-0.1, -0.05) is 32.9 Å². The van der Waals surface area contributed by atoms with Crippen LogP contribution in [0.15, 0.2) is 35.4 Å². The minimum atomic E-state index is -3.52. The highest BCUT2D eigenvalue weighted by Gasteiger charge is 2.23. The molecule has 2 aromatic rings. The molecule has 6 heteroatoms. The number of nitrogens with zero attached hydrogens (tertiary/aromatic N) is 3. The molecule has 0 unspecified atom stereocenters. The van der Waals surface area contributed by atoms with E-state index in [9.17, 15) is 8.42 Å². The first-order chi connectivity index (χ1) is 11.1. The van der Waals surface area contributed by atoms with Gasteiger partial charge in [-0.05, 0) is 37.0 Å². The topological polar surface area (TPSA) is 55.2 Å². The molecule has 0 radical (unpaired) electrons. The van der Waals surface area contributed by atoms with Gasteiger partial charge in [0.1, 0.15) is 0 Å². The van der Waals surface area contributed by atoms with Crippen molar-refractivity contribution in [1.29, 1.82) is 0 Å². The van der Waals surface area contributed by atoms with Crippen LogP contribution < -0.4 is 0 Å². The van der Waals surface area contributed by atoms with E-state index < -0.39 is 10.0 Å². The first-order valence-corrected chi connectivity index (χ1v) is 9.59. The second-order valence-electron chi connectivity index (χ2n) is 7.13. The molecule has 0 fully saturated rings. The van der Waals surface area contributed by atoms with Crippen LogP contribution in [0.1, 0.15) is 44.5 Å². The standard InChI is InChI=1S/C18H27N3O2S/c1-7-21-13-15(14(2)19-21)12-20(6)24(22,23)17-10-8-16(9-11-17)18(3,4)5/h8-11,13H,7,12H2,1-6H3. The van der Waals surface area contributed by atoms with E-state index in [1.165, 1.54) is 4.31 Å². The quantitative estimate of drug-likeness (QED) is 0.832. The summed E-state index contributed by atoms with van der Waals surface area (Å²) >= 11 is 0. The van der Waals surface area contributed by atoms with E-state index in [0.717, 1.165) is 23.4 Å². The molecule has 0 aliphatic carbocycles. The largest absolute Gasteiger partial charge is 0.272 e. The minimum Gasteiger partial charge on any atom is -0.272 e. The summed E-state index contributed by atoms with van der Waals surface area (Å²) < 4.78 is 28.8. The Morgan fingerprint density at radius 1 is 1.17 bits per heavy atom. The number of hydrogen-bond acceptors (Lipinski definition) is 3. The average Bonchev–Trinajstić information content (AvgIpc) is 2.86. The Bertz CT molecular complexity index is 800. The number of aromatic nitrogens is 2. The second kappa shape index (κ2) is 6.69. The van der Waals surface area contributed by atoms with E-state index in [1.807, 2.05) is 36.9 Å². The molecule has 24 heavy (non-hydrogen) atoms. The van der Waals surface area contributed by atoms with Crippen LogP contribution in [0.5, 0.6) is 0 Å². The van der Waals surface area contributed by atoms with Crippen molar-refractivity contribution in [3.8, 4) is 0 Å². The van der Waals surface area contributed by atoms with Crippen molar-refractivity contribution in [2.45, 2.75) is 58.0 Å². The van der Waals surface area contributed by atoms with Gasteiger partial charge < -0.3 is 0 Å². The molecule has 0 amide bonds. The van der Waals surface area contributed by atoms with Crippen LogP contribution in [-0.4, -0.2) is 29.6 Å². The highest BCUT2D eigenvalue weighted by molar-refractivity contribution is 7.89. The van der Waals surface area contributed by atoms with Crippen LogP contribution in [0, 0.1) is 6.92 Å². The first-order valence-electron chi connectivity index (χ1n) is 8.15. The molecule has 0 aliphatic rings. The molecule has 0 spiro atoms. The van der Waals surface area contributed by atoms with E-state index in [4.69, 9.17) is 0 Å². The summed E-state index contributed by atoms with van der Waals surface area (Å²) in [6.07, 6.45) is 1.91. The number of rotatable bonds is 5. The molecule has 0 aliphatic heterocycles. The van der Waals surface area contributed by atoms with Crippen LogP contribution in [0.25, 0.3) is 0 Å². The van der Waals surface area contributed by atoms with Gasteiger partial charge in [0.15, 0.2) is 0 Å². The predicted octanol–water partition coefficient (Wildman–Crippen LogP) is 3.33. The van der Waals surface area contributed by atoms with E-state index in [1.54, 1.807) is 19.2 Å². The smallest absolute Gasteiger partial charge is 0.243 e. The highest BCUT2D eigenvalue weighted by atomic mass is 32.2. The van der Waals surface area contributed by atoms with Crippen molar-refractivity contribution in [3.63, 3.8) is 0 Å². The molecule has 0 saturated carbocycles. The third kappa shape index (κ3) is 3.87. The van der Waals surface area contributed by atoms with Crippen LogP contribution in [0.3, 0.4) is 0 Å². The summed E-state index contributed by atoms with van der Waals surface area (Å²) in [5.74, 6) is 0. The van der Waals surface area contributed by atoms with E-state index in [-0.39, 0.29) is 5.41 Å². The van der Waals surface area contributed by atoms with Gasteiger partial charge in [-0.2, -0.15) is 9.40 Å². The molecule has 132 valence electrons. The fourth-order valence-electron chi connectivity index (χ4n) is 2.51. The molecule has 0 atom stereocenters. The molecule has 0 N–H and O–H groups in total. The van der Waals surface area contributed by atoms with Crippen LogP contribution >= 0.6 is 0 Å². The maximum atomic E-state index is 12.8. The normalized spacial score (nSPS) is 12.8. The third-order valence-corrected chi connectivity index (χ3v) is 6.01. The molecule has 1 aromatic heterocycles. The fraction of sp³-hybridized carbons (Fsp3) is 0.500. The lowest BCUT2D eigenvalue weighted by atomic mass is 9.87. The van der Waals surface area contributed by atoms with E-state index in [2.05, 4.69) is 25.9 Å². The summed E-state index contributed by atoms with van der Waals surface area (Å²) in [7, 11) is -1.91. The van der Waals surface area contributed by atoms with Crippen LogP contribution in [0.2, 0.25) is 0 Å². The van der Waals surface area contributed by atoms with Gasteiger partial charge in [0, 0.05) is 31.9 Å². The van der Waals surface area contributed by atoms with Crippen LogP contribution in [-0.2, 0) is 28.5 Å². The van der Waals surface area contributed by atoms with Gasteiger partial charge in [0.2, 0.25) is 10.0 Å². The SMILES string of the molecule is CCn1cc(CN(C)S(=O)(=O)c2ccc(C(C)(C)C)cc2)c(C)n1. The predicted molar refractivity (Wildman–Crippen MR) is 96.4 cm³/mol. The lowest BCUT2D eigenvalue weighted by Crippen LogP contribution is -2.26. The number of sulfonamides is 1. The van der Waals surface area contributed by atoms with Gasteiger partial charge in [-0.15, -0.1) is 0 Å². The maximum Gasteiger partial charge on any atom is 0.243 e. The number of benzene rings is 1. The average molecular weight is 350 g/mol. The molecule has 5 nitrogen and oxygen atoms in total. The van der Waals surface area contributed by atoms with Gasteiger partial charge in [-0.25, -0.2) is 8.42 Å². The lowest BCUT2D eigenvalue weighted by molar-refractivity contribution is 0.465. The zero-order valence-corrected chi connectivity index (χ0v) is 16.2. The molecule has 1 heterocycles. The molecule has 2 rings (SSSR count). The third-order valence-electron chi connectivity index (χ3n) is 4.19. The Labute approximate surface area is 145 Å². The molecule has 0 bridgehead atoms. The van der Waals surface area contributed by atoms with Crippen molar-refractivity contribution >= 4 is 10.0 Å². The summed E-state index contributed by atoms with van der Waals surface area (Å²) in [5.41, 5.74) is 2.90. The van der Waals surface area contributed by atoms with Crippen molar-refractivity contribution < 1.29 is 8.42 Å². The highest BCUT2D eigenvalue weighted by Crippen LogP contribution is 2.25. The maximum absolute atomic E-state index is 12.8. The van der Waals surface area contributed by atoms with Gasteiger partial charge in [0.25, 0.3) is 0 Å². The summed E-state index contributed by atoms with van der Waals surface area (Å²) in [6.45, 7) is 11.3. The number of hydrogen-bond donors (Lipinski definition) is 0. The lowest BCUT2D eigenvalue weighted by Gasteiger charge is -2.20. The monoisotopic (exact) mass is 349 g/mol. The Morgan fingerprint density at radius 2 is 1.75 bits per heavy atom. The Morgan fingerprint density at radius 3 is 2.21 bits per heavy atom. The first kappa shape index (κ1) is 18.7. The summed E-state index contributed by atoms with van der Waals surface area (Å²) in [5, 5.41) is 4.37. The summed E-state index contributed by atoms with van der Waals surface area (Å²) in [4.78, 5) is 0.318. The molecular weight excluding hydrogens is 322 g/mol. The second-order valence-corrected chi connectivity index (χ2v) is 9.18. The van der Waals surface area contributed by atoms with E-state index in [0.29, 0.717) is 11.4 Å². The zero-order chi connectivity index (χ0) is 18.1. The van der Waals surface area contributed by atoms with Gasteiger partial charge >= 0.3 is 0 Å². The Balaban J connectivity index is 2.24. The van der Waals surface area contributed by atoms with Crippen molar-refractivity contribution in [3.05, 3.63) is 47.3 Å². The Hall–Kier alpha value is -1.66. The molecule has 0 saturated heterocycles. The van der Waals surface area contributed by atoms with Crippen molar-refractivity contribution in [1.82, 2.24) is 14.1 Å². The molecular formula is C18H27N3O2S. The van der Waals surface area contributed by atoms with Crippen molar-refractivity contribution in [2.75, 3.05) is 7.05 Å².